The monoisotopic (exact) mass is 456 g/mol. The largest absolute Gasteiger partial charge is 0.376 e. The van der Waals surface area contributed by atoms with Gasteiger partial charge in [-0.1, -0.05) is 60.2 Å². The van der Waals surface area contributed by atoms with Gasteiger partial charge in [0.1, 0.15) is 0 Å². The maximum atomic E-state index is 13.7. The van der Waals surface area contributed by atoms with Gasteiger partial charge in [0, 0.05) is 24.4 Å². The Morgan fingerprint density at radius 3 is 2.50 bits per heavy atom. The smallest absolute Gasteiger partial charge is 0.258 e. The van der Waals surface area contributed by atoms with Crippen LogP contribution < -0.4 is 10.2 Å². The van der Waals surface area contributed by atoms with Crippen LogP contribution in [0.1, 0.15) is 45.5 Å². The van der Waals surface area contributed by atoms with Gasteiger partial charge in [-0.15, -0.1) is 0 Å². The Morgan fingerprint density at radius 1 is 0.971 bits per heavy atom. The molecule has 176 valence electrons. The molecule has 0 saturated carbocycles. The summed E-state index contributed by atoms with van der Waals surface area (Å²) in [6.45, 7) is 5.76. The third kappa shape index (κ3) is 6.12. The fourth-order valence-corrected chi connectivity index (χ4v) is 4.23. The Balaban J connectivity index is 1.55. The number of aryl methyl sites for hydroxylation is 2. The number of rotatable bonds is 8. The summed E-state index contributed by atoms with van der Waals surface area (Å²) in [5.74, 6) is -0.0957. The maximum absolute atomic E-state index is 13.7. The van der Waals surface area contributed by atoms with E-state index in [4.69, 9.17) is 4.74 Å². The van der Waals surface area contributed by atoms with Crippen molar-refractivity contribution >= 4 is 17.5 Å². The van der Waals surface area contributed by atoms with E-state index in [1.54, 1.807) is 4.90 Å². The van der Waals surface area contributed by atoms with Gasteiger partial charge in [0.05, 0.1) is 19.1 Å². The lowest BCUT2D eigenvalue weighted by atomic mass is 10.0. The van der Waals surface area contributed by atoms with Crippen LogP contribution in [-0.4, -0.2) is 31.1 Å². The Bertz CT molecular complexity index is 1130. The van der Waals surface area contributed by atoms with Gasteiger partial charge < -0.3 is 15.0 Å². The van der Waals surface area contributed by atoms with E-state index in [1.807, 2.05) is 62.4 Å². The maximum Gasteiger partial charge on any atom is 0.258 e. The molecule has 2 amide bonds. The summed E-state index contributed by atoms with van der Waals surface area (Å²) in [6.07, 6.45) is 2.42. The molecule has 0 aromatic heterocycles. The molecule has 1 heterocycles. The van der Waals surface area contributed by atoms with E-state index in [1.165, 1.54) is 5.56 Å². The summed E-state index contributed by atoms with van der Waals surface area (Å²) in [6, 6.07) is 23.6. The number of ether oxygens (including phenoxy) is 1. The molecule has 1 aliphatic heterocycles. The van der Waals surface area contributed by atoms with Crippen molar-refractivity contribution < 1.29 is 14.3 Å². The molecule has 0 bridgehead atoms. The molecule has 1 aliphatic rings. The van der Waals surface area contributed by atoms with Gasteiger partial charge in [-0.05, 0) is 61.6 Å². The van der Waals surface area contributed by atoms with Gasteiger partial charge in [0.2, 0.25) is 5.91 Å². The van der Waals surface area contributed by atoms with Crippen molar-refractivity contribution in [2.24, 2.45) is 0 Å². The minimum Gasteiger partial charge on any atom is -0.376 e. The van der Waals surface area contributed by atoms with Gasteiger partial charge >= 0.3 is 0 Å². The first kappa shape index (κ1) is 23.7. The summed E-state index contributed by atoms with van der Waals surface area (Å²) >= 11 is 0. The molecule has 0 radical (unpaired) electrons. The van der Waals surface area contributed by atoms with E-state index in [-0.39, 0.29) is 24.3 Å². The third-order valence-corrected chi connectivity index (χ3v) is 6.22. The highest BCUT2D eigenvalue weighted by Gasteiger charge is 2.21. The fourth-order valence-electron chi connectivity index (χ4n) is 4.23. The van der Waals surface area contributed by atoms with Gasteiger partial charge in [-0.3, -0.25) is 9.59 Å². The van der Waals surface area contributed by atoms with Crippen LogP contribution >= 0.6 is 0 Å². The van der Waals surface area contributed by atoms with Crippen LogP contribution in [0.5, 0.6) is 0 Å². The lowest BCUT2D eigenvalue weighted by molar-refractivity contribution is -0.120. The van der Waals surface area contributed by atoms with E-state index >= 15 is 0 Å². The quantitative estimate of drug-likeness (QED) is 0.520. The molecule has 0 unspecified atom stereocenters. The highest BCUT2D eigenvalue weighted by atomic mass is 16.5. The Labute approximate surface area is 201 Å². The summed E-state index contributed by atoms with van der Waals surface area (Å²) in [5, 5.41) is 2.98. The number of amides is 2. The van der Waals surface area contributed by atoms with E-state index in [0.717, 1.165) is 41.8 Å². The summed E-state index contributed by atoms with van der Waals surface area (Å²) in [4.78, 5) is 28.0. The highest BCUT2D eigenvalue weighted by Crippen LogP contribution is 2.23. The van der Waals surface area contributed by atoms with Crippen LogP contribution in [0, 0.1) is 13.8 Å². The fraction of sp³-hybridized carbons (Fsp3) is 0.310. The first-order valence-electron chi connectivity index (χ1n) is 11.9. The zero-order valence-electron chi connectivity index (χ0n) is 19.9. The molecular formula is C29H32N2O3. The van der Waals surface area contributed by atoms with E-state index < -0.39 is 0 Å². The average molecular weight is 457 g/mol. The second-order valence-electron chi connectivity index (χ2n) is 8.98. The number of nitrogens with one attached hydrogen (secondary N) is 1. The summed E-state index contributed by atoms with van der Waals surface area (Å²) < 4.78 is 5.59. The van der Waals surface area contributed by atoms with E-state index in [0.29, 0.717) is 18.7 Å². The number of anilines is 1. The van der Waals surface area contributed by atoms with Crippen molar-refractivity contribution in [3.05, 3.63) is 101 Å². The number of hydrogen-bond donors (Lipinski definition) is 1. The zero-order valence-corrected chi connectivity index (χ0v) is 19.9. The molecule has 34 heavy (non-hydrogen) atoms. The topological polar surface area (TPSA) is 58.6 Å². The number of nitrogens with zero attached hydrogens (tertiary/aromatic N) is 1. The predicted molar refractivity (Wildman–Crippen MR) is 135 cm³/mol. The minimum absolute atomic E-state index is 0.0389. The van der Waals surface area contributed by atoms with Crippen LogP contribution in [0.3, 0.4) is 0 Å². The van der Waals surface area contributed by atoms with Crippen molar-refractivity contribution in [1.29, 1.82) is 0 Å². The molecule has 1 saturated heterocycles. The molecule has 3 aromatic rings. The van der Waals surface area contributed by atoms with Crippen LogP contribution in [0.15, 0.2) is 72.8 Å². The zero-order chi connectivity index (χ0) is 23.9. The van der Waals surface area contributed by atoms with Gasteiger partial charge in [-0.2, -0.15) is 0 Å². The Kier molecular flexibility index (Phi) is 7.76. The van der Waals surface area contributed by atoms with Crippen molar-refractivity contribution in [3.63, 3.8) is 0 Å². The molecule has 0 spiro atoms. The number of carbonyl (C=O) groups is 2. The third-order valence-electron chi connectivity index (χ3n) is 6.22. The first-order valence-corrected chi connectivity index (χ1v) is 11.9. The predicted octanol–water partition coefficient (Wildman–Crippen LogP) is 4.99. The Hall–Kier alpha value is -3.44. The van der Waals surface area contributed by atoms with Crippen LogP contribution in [0.25, 0.3) is 0 Å². The highest BCUT2D eigenvalue weighted by molar-refractivity contribution is 6.07. The SMILES string of the molecule is Cc1ccc(CN(C(=O)c2ccccc2C)c2cccc(CC(=O)NC[C@H]3CCCO3)c2)cc1. The van der Waals surface area contributed by atoms with Crippen LogP contribution in [0.2, 0.25) is 0 Å². The second-order valence-corrected chi connectivity index (χ2v) is 8.98. The number of benzene rings is 3. The van der Waals surface area contributed by atoms with Crippen molar-refractivity contribution in [2.75, 3.05) is 18.1 Å². The standard InChI is InChI=1S/C29H32N2O3/c1-21-12-14-23(15-13-21)20-31(29(33)27-11-4-3-7-22(27)2)25-9-5-8-24(17-25)18-28(32)30-19-26-10-6-16-34-26/h3-5,7-9,11-15,17,26H,6,10,16,18-20H2,1-2H3,(H,30,32)/t26-/m1/s1. The van der Waals surface area contributed by atoms with E-state index in [2.05, 4.69) is 29.6 Å². The average Bonchev–Trinajstić information content (AvgIpc) is 3.36. The van der Waals surface area contributed by atoms with Crippen molar-refractivity contribution in [1.82, 2.24) is 5.32 Å². The second kappa shape index (κ2) is 11.1. The molecule has 1 N–H and O–H groups in total. The summed E-state index contributed by atoms with van der Waals surface area (Å²) in [7, 11) is 0. The molecule has 1 fully saturated rings. The number of carbonyl (C=O) groups excluding carboxylic acids is 2. The first-order chi connectivity index (χ1) is 16.5. The van der Waals surface area contributed by atoms with Crippen LogP contribution in [0.4, 0.5) is 5.69 Å². The Morgan fingerprint density at radius 2 is 1.76 bits per heavy atom. The molecule has 5 heteroatoms. The van der Waals surface area contributed by atoms with Crippen LogP contribution in [-0.2, 0) is 22.5 Å². The minimum atomic E-state index is -0.0568. The lowest BCUT2D eigenvalue weighted by Gasteiger charge is -2.25. The van der Waals surface area contributed by atoms with Gasteiger partial charge in [0.15, 0.2) is 0 Å². The normalized spacial score (nSPS) is 15.2. The lowest BCUT2D eigenvalue weighted by Crippen LogP contribution is -2.33. The van der Waals surface area contributed by atoms with E-state index in [9.17, 15) is 9.59 Å². The number of hydrogen-bond acceptors (Lipinski definition) is 3. The van der Waals surface area contributed by atoms with Gasteiger partial charge in [-0.25, -0.2) is 0 Å². The van der Waals surface area contributed by atoms with Crippen molar-refractivity contribution in [3.8, 4) is 0 Å². The molecule has 1 atom stereocenters. The molecular weight excluding hydrogens is 424 g/mol. The molecule has 3 aromatic carbocycles. The molecule has 5 nitrogen and oxygen atoms in total. The summed E-state index contributed by atoms with van der Waals surface area (Å²) in [5.41, 5.74) is 5.48. The van der Waals surface area contributed by atoms with Crippen molar-refractivity contribution in [2.45, 2.75) is 45.8 Å². The van der Waals surface area contributed by atoms with Gasteiger partial charge in [0.25, 0.3) is 5.91 Å². The molecule has 4 rings (SSSR count). The molecule has 0 aliphatic carbocycles.